The average molecular weight is 450 g/mol. The predicted octanol–water partition coefficient (Wildman–Crippen LogP) is 3.23. The number of aromatic nitrogens is 3. The van der Waals surface area contributed by atoms with Gasteiger partial charge in [-0.05, 0) is 24.3 Å². The van der Waals surface area contributed by atoms with E-state index in [0.29, 0.717) is 67.8 Å². The standard InChI is InChI=1S/C23H23FN6O3/c24-19-13-17(20-14-18(33-26-20)15-25-22-5-12-32-27-22)3-4-21(19)29-8-10-30(11-9-29)23(31)16-28-6-1-2-7-28/h1-7,12-14H,8-11,15-16H2,(H,25,27). The Hall–Kier alpha value is -4.08. The highest BCUT2D eigenvalue weighted by atomic mass is 19.1. The summed E-state index contributed by atoms with van der Waals surface area (Å²) in [5, 5.41) is 10.9. The van der Waals surface area contributed by atoms with Gasteiger partial charge in [-0.15, -0.1) is 0 Å². The molecule has 3 aromatic heterocycles. The second kappa shape index (κ2) is 9.19. The molecule has 0 bridgehead atoms. The van der Waals surface area contributed by atoms with Crippen molar-refractivity contribution in [2.75, 3.05) is 36.4 Å². The fourth-order valence-corrected chi connectivity index (χ4v) is 3.86. The molecule has 1 aromatic carbocycles. The van der Waals surface area contributed by atoms with Crippen LogP contribution in [0.3, 0.4) is 0 Å². The van der Waals surface area contributed by atoms with Crippen LogP contribution < -0.4 is 10.2 Å². The van der Waals surface area contributed by atoms with Gasteiger partial charge in [0.1, 0.15) is 24.3 Å². The molecule has 4 heterocycles. The van der Waals surface area contributed by atoms with Crippen molar-refractivity contribution in [3.8, 4) is 11.3 Å². The lowest BCUT2D eigenvalue weighted by atomic mass is 10.1. The SMILES string of the molecule is O=C(Cn1cccc1)N1CCN(c2ccc(-c3cc(CNc4ccon4)on3)cc2F)CC1. The minimum Gasteiger partial charge on any atom is -0.366 e. The van der Waals surface area contributed by atoms with Gasteiger partial charge in [-0.3, -0.25) is 4.79 Å². The van der Waals surface area contributed by atoms with E-state index in [2.05, 4.69) is 15.6 Å². The van der Waals surface area contributed by atoms with Crippen LogP contribution >= 0.6 is 0 Å². The Morgan fingerprint density at radius 2 is 1.88 bits per heavy atom. The first-order valence-electron chi connectivity index (χ1n) is 10.7. The number of rotatable bonds is 7. The number of hydrogen-bond acceptors (Lipinski definition) is 7. The maximum atomic E-state index is 15.0. The largest absolute Gasteiger partial charge is 0.366 e. The molecule has 0 radical (unpaired) electrons. The van der Waals surface area contributed by atoms with Crippen molar-refractivity contribution in [2.45, 2.75) is 13.1 Å². The second-order valence-corrected chi connectivity index (χ2v) is 7.81. The summed E-state index contributed by atoms with van der Waals surface area (Å²) in [6.45, 7) is 2.99. The molecule has 4 aromatic rings. The molecule has 170 valence electrons. The summed E-state index contributed by atoms with van der Waals surface area (Å²) in [5.41, 5.74) is 1.71. The Labute approximate surface area is 189 Å². The molecule has 0 spiro atoms. The highest BCUT2D eigenvalue weighted by Gasteiger charge is 2.23. The van der Waals surface area contributed by atoms with Crippen molar-refractivity contribution in [3.63, 3.8) is 0 Å². The van der Waals surface area contributed by atoms with Crippen LogP contribution in [0.1, 0.15) is 5.76 Å². The summed E-state index contributed by atoms with van der Waals surface area (Å²) in [6.07, 6.45) is 5.21. The van der Waals surface area contributed by atoms with Crippen molar-refractivity contribution in [3.05, 3.63) is 72.7 Å². The van der Waals surface area contributed by atoms with Gasteiger partial charge in [0.25, 0.3) is 0 Å². The molecule has 1 aliphatic heterocycles. The molecule has 0 atom stereocenters. The van der Waals surface area contributed by atoms with Gasteiger partial charge in [0.2, 0.25) is 5.91 Å². The molecular formula is C23H23FN6O3. The molecule has 10 heteroatoms. The molecule has 33 heavy (non-hydrogen) atoms. The van der Waals surface area contributed by atoms with Crippen LogP contribution in [0.25, 0.3) is 11.3 Å². The van der Waals surface area contributed by atoms with Crippen LogP contribution in [0.2, 0.25) is 0 Å². The maximum Gasteiger partial charge on any atom is 0.242 e. The zero-order valence-electron chi connectivity index (χ0n) is 17.9. The number of anilines is 2. The molecule has 1 fully saturated rings. The highest BCUT2D eigenvalue weighted by Crippen LogP contribution is 2.27. The van der Waals surface area contributed by atoms with Gasteiger partial charge in [0.05, 0.1) is 12.2 Å². The molecule has 0 saturated carbocycles. The van der Waals surface area contributed by atoms with Gasteiger partial charge >= 0.3 is 0 Å². The number of nitrogens with one attached hydrogen (secondary N) is 1. The van der Waals surface area contributed by atoms with Gasteiger partial charge in [-0.1, -0.05) is 16.4 Å². The van der Waals surface area contributed by atoms with E-state index >= 15 is 0 Å². The Morgan fingerprint density at radius 1 is 1.06 bits per heavy atom. The zero-order valence-corrected chi connectivity index (χ0v) is 17.9. The Balaban J connectivity index is 1.19. The highest BCUT2D eigenvalue weighted by molar-refractivity contribution is 5.76. The van der Waals surface area contributed by atoms with E-state index in [4.69, 9.17) is 9.05 Å². The van der Waals surface area contributed by atoms with Crippen LogP contribution in [0.15, 0.2) is 70.2 Å². The smallest absolute Gasteiger partial charge is 0.242 e. The molecule has 5 rings (SSSR count). The first-order chi connectivity index (χ1) is 16.2. The summed E-state index contributed by atoms with van der Waals surface area (Å²) in [6, 6.07) is 12.3. The van der Waals surface area contributed by atoms with Crippen LogP contribution in [0, 0.1) is 5.82 Å². The lowest BCUT2D eigenvalue weighted by molar-refractivity contribution is -0.132. The van der Waals surface area contributed by atoms with Crippen molar-refractivity contribution >= 4 is 17.4 Å². The number of piperazine rings is 1. The van der Waals surface area contributed by atoms with Crippen LogP contribution in [-0.2, 0) is 17.9 Å². The summed E-state index contributed by atoms with van der Waals surface area (Å²) in [5.74, 6) is 0.930. The zero-order chi connectivity index (χ0) is 22.6. The topological polar surface area (TPSA) is 92.6 Å². The van der Waals surface area contributed by atoms with Gasteiger partial charge in [-0.25, -0.2) is 4.39 Å². The molecule has 9 nitrogen and oxygen atoms in total. The molecule has 1 amide bonds. The third-order valence-electron chi connectivity index (χ3n) is 5.64. The molecule has 0 unspecified atom stereocenters. The van der Waals surface area contributed by atoms with E-state index in [9.17, 15) is 9.18 Å². The van der Waals surface area contributed by atoms with E-state index in [1.807, 2.05) is 45.0 Å². The van der Waals surface area contributed by atoms with Gasteiger partial charge < -0.3 is 28.7 Å². The number of amides is 1. The summed E-state index contributed by atoms with van der Waals surface area (Å²) in [4.78, 5) is 16.3. The second-order valence-electron chi connectivity index (χ2n) is 7.81. The number of carbonyl (C=O) groups is 1. The van der Waals surface area contributed by atoms with E-state index < -0.39 is 0 Å². The number of halogens is 1. The van der Waals surface area contributed by atoms with Crippen molar-refractivity contribution in [1.29, 1.82) is 0 Å². The van der Waals surface area contributed by atoms with Crippen molar-refractivity contribution in [1.82, 2.24) is 19.8 Å². The third-order valence-corrected chi connectivity index (χ3v) is 5.64. The quantitative estimate of drug-likeness (QED) is 0.462. The minimum atomic E-state index is -0.329. The molecule has 1 N–H and O–H groups in total. The van der Waals surface area contributed by atoms with Crippen LogP contribution in [-0.4, -0.2) is 51.9 Å². The van der Waals surface area contributed by atoms with E-state index in [0.717, 1.165) is 0 Å². The lowest BCUT2D eigenvalue weighted by Crippen LogP contribution is -2.49. The van der Waals surface area contributed by atoms with Crippen molar-refractivity contribution in [2.24, 2.45) is 0 Å². The van der Waals surface area contributed by atoms with Crippen LogP contribution in [0.5, 0.6) is 0 Å². The van der Waals surface area contributed by atoms with Gasteiger partial charge in [0, 0.05) is 56.3 Å². The Bertz CT molecular complexity index is 1200. The Morgan fingerprint density at radius 3 is 2.61 bits per heavy atom. The maximum absolute atomic E-state index is 15.0. The van der Waals surface area contributed by atoms with Gasteiger partial charge in [0.15, 0.2) is 11.6 Å². The normalized spacial score (nSPS) is 14.0. The minimum absolute atomic E-state index is 0.0709. The third kappa shape index (κ3) is 4.74. The number of carbonyl (C=O) groups excluding carboxylic acids is 1. The van der Waals surface area contributed by atoms with E-state index in [-0.39, 0.29) is 11.7 Å². The van der Waals surface area contributed by atoms with E-state index in [1.165, 1.54) is 12.3 Å². The number of hydrogen-bond donors (Lipinski definition) is 1. The van der Waals surface area contributed by atoms with Gasteiger partial charge in [-0.2, -0.15) is 0 Å². The Kier molecular flexibility index (Phi) is 5.79. The van der Waals surface area contributed by atoms with E-state index in [1.54, 1.807) is 18.2 Å². The van der Waals surface area contributed by atoms with Crippen molar-refractivity contribution < 1.29 is 18.2 Å². The average Bonchev–Trinajstić information content (AvgIpc) is 3.61. The first-order valence-corrected chi connectivity index (χ1v) is 10.7. The summed E-state index contributed by atoms with van der Waals surface area (Å²) in [7, 11) is 0. The monoisotopic (exact) mass is 450 g/mol. The molecule has 1 aliphatic rings. The molecule has 1 saturated heterocycles. The number of benzene rings is 1. The first kappa shape index (κ1) is 20.8. The molecular weight excluding hydrogens is 427 g/mol. The lowest BCUT2D eigenvalue weighted by Gasteiger charge is -2.36. The number of nitrogens with zero attached hydrogens (tertiary/aromatic N) is 5. The fourth-order valence-electron chi connectivity index (χ4n) is 3.86. The van der Waals surface area contributed by atoms with Crippen LogP contribution in [0.4, 0.5) is 15.9 Å². The summed E-state index contributed by atoms with van der Waals surface area (Å²) < 4.78 is 26.9. The summed E-state index contributed by atoms with van der Waals surface area (Å²) >= 11 is 0. The fraction of sp³-hybridized carbons (Fsp3) is 0.261. The molecule has 0 aliphatic carbocycles. The predicted molar refractivity (Wildman–Crippen MR) is 119 cm³/mol.